The van der Waals surface area contributed by atoms with Crippen molar-refractivity contribution in [1.29, 1.82) is 0 Å². The SMILES string of the molecule is CN(C)C1COC2(CCN(Cc3ccsc3)CC2)C1.O=C(O)C(F)(F)F.O=C(O)C(F)(F)F. The van der Waals surface area contributed by atoms with Crippen molar-refractivity contribution in [3.8, 4) is 0 Å². The molecule has 2 aliphatic heterocycles. The number of likely N-dealkylation sites (N-methyl/N-ethyl adjacent to an activating group) is 1. The van der Waals surface area contributed by atoms with E-state index in [9.17, 15) is 26.3 Å². The van der Waals surface area contributed by atoms with Gasteiger partial charge in [-0.05, 0) is 55.7 Å². The molecule has 0 aliphatic carbocycles. The molecule has 3 rings (SSSR count). The molecular weight excluding hydrogens is 482 g/mol. The van der Waals surface area contributed by atoms with Crippen molar-refractivity contribution in [2.75, 3.05) is 33.8 Å². The fraction of sp³-hybridized carbons (Fsp3) is 0.684. The van der Waals surface area contributed by atoms with E-state index in [0.29, 0.717) is 6.04 Å². The monoisotopic (exact) mass is 508 g/mol. The molecule has 2 N–H and O–H groups in total. The average molecular weight is 508 g/mol. The Morgan fingerprint density at radius 3 is 1.94 bits per heavy atom. The van der Waals surface area contributed by atoms with Gasteiger partial charge in [-0.15, -0.1) is 0 Å². The Hall–Kier alpha value is -1.90. The van der Waals surface area contributed by atoms with Crippen LogP contribution in [0.1, 0.15) is 24.8 Å². The molecule has 1 unspecified atom stereocenters. The number of piperidine rings is 1. The number of hydrogen-bond acceptors (Lipinski definition) is 6. The van der Waals surface area contributed by atoms with Crippen LogP contribution in [0.4, 0.5) is 26.3 Å². The van der Waals surface area contributed by atoms with Crippen molar-refractivity contribution in [3.63, 3.8) is 0 Å². The molecule has 1 atom stereocenters. The van der Waals surface area contributed by atoms with Gasteiger partial charge in [0.05, 0.1) is 12.2 Å². The third-order valence-electron chi connectivity index (χ3n) is 5.16. The van der Waals surface area contributed by atoms with Crippen molar-refractivity contribution >= 4 is 23.3 Å². The number of carboxylic acids is 2. The summed E-state index contributed by atoms with van der Waals surface area (Å²) in [5, 5.41) is 18.7. The van der Waals surface area contributed by atoms with Crippen molar-refractivity contribution in [1.82, 2.24) is 9.80 Å². The first kappa shape index (κ1) is 29.1. The zero-order valence-electron chi connectivity index (χ0n) is 17.9. The molecule has 0 saturated carbocycles. The number of ether oxygens (including phenoxy) is 1. The Bertz CT molecular complexity index is 723. The number of hydrogen-bond donors (Lipinski definition) is 2. The molecule has 2 aliphatic rings. The summed E-state index contributed by atoms with van der Waals surface area (Å²) in [5.41, 5.74) is 1.64. The second-order valence-corrected chi connectivity index (χ2v) is 8.61. The first-order valence-electron chi connectivity index (χ1n) is 9.70. The number of rotatable bonds is 3. The van der Waals surface area contributed by atoms with Crippen LogP contribution in [-0.4, -0.2) is 89.7 Å². The second-order valence-electron chi connectivity index (χ2n) is 7.83. The summed E-state index contributed by atoms with van der Waals surface area (Å²) in [4.78, 5) is 22.7. The molecular formula is C19H26F6N2O5S. The minimum absolute atomic E-state index is 0.181. The smallest absolute Gasteiger partial charge is 0.475 e. The molecule has 2 saturated heterocycles. The molecule has 2 fully saturated rings. The van der Waals surface area contributed by atoms with Crippen molar-refractivity contribution in [2.45, 2.75) is 49.8 Å². The highest BCUT2D eigenvalue weighted by molar-refractivity contribution is 7.07. The Labute approximate surface area is 190 Å². The zero-order valence-corrected chi connectivity index (χ0v) is 18.8. The summed E-state index contributed by atoms with van der Waals surface area (Å²) < 4.78 is 69.6. The van der Waals surface area contributed by atoms with Gasteiger partial charge in [0.15, 0.2) is 0 Å². The van der Waals surface area contributed by atoms with Crippen LogP contribution in [0, 0.1) is 0 Å². The van der Waals surface area contributed by atoms with Gasteiger partial charge in [0.25, 0.3) is 0 Å². The molecule has 0 amide bonds. The third kappa shape index (κ3) is 10.3. The summed E-state index contributed by atoms with van der Waals surface area (Å²) in [6.07, 6.45) is -6.56. The molecule has 3 heterocycles. The Morgan fingerprint density at radius 2 is 1.61 bits per heavy atom. The van der Waals surface area contributed by atoms with Gasteiger partial charge >= 0.3 is 24.3 Å². The van der Waals surface area contributed by atoms with Crippen LogP contribution < -0.4 is 0 Å². The summed E-state index contributed by atoms with van der Waals surface area (Å²) >= 11 is 1.79. The largest absolute Gasteiger partial charge is 0.490 e. The maximum absolute atomic E-state index is 10.6. The quantitative estimate of drug-likeness (QED) is 0.602. The van der Waals surface area contributed by atoms with E-state index in [4.69, 9.17) is 24.5 Å². The average Bonchev–Trinajstić information content (AvgIpc) is 3.34. The lowest BCUT2D eigenvalue weighted by Gasteiger charge is -2.38. The number of carboxylic acid groups (broad SMARTS) is 2. The van der Waals surface area contributed by atoms with Gasteiger partial charge in [0, 0.05) is 25.7 Å². The van der Waals surface area contributed by atoms with Crippen LogP contribution in [0.5, 0.6) is 0 Å². The molecule has 0 aromatic carbocycles. The molecule has 7 nitrogen and oxygen atoms in total. The normalized spacial score (nSPS) is 20.6. The van der Waals surface area contributed by atoms with E-state index in [1.54, 1.807) is 11.3 Å². The van der Waals surface area contributed by atoms with E-state index in [0.717, 1.165) is 13.2 Å². The van der Waals surface area contributed by atoms with Crippen LogP contribution in [0.2, 0.25) is 0 Å². The van der Waals surface area contributed by atoms with Crippen molar-refractivity contribution in [3.05, 3.63) is 22.4 Å². The lowest BCUT2D eigenvalue weighted by Crippen LogP contribution is -2.44. The summed E-state index contributed by atoms with van der Waals surface area (Å²) in [7, 11) is 4.33. The number of nitrogens with zero attached hydrogens (tertiary/aromatic N) is 2. The Kier molecular flexibility index (Phi) is 10.6. The van der Waals surface area contributed by atoms with Gasteiger partial charge in [-0.2, -0.15) is 37.7 Å². The Morgan fingerprint density at radius 1 is 1.12 bits per heavy atom. The topological polar surface area (TPSA) is 90.3 Å². The summed E-state index contributed by atoms with van der Waals surface area (Å²) in [5.74, 6) is -5.51. The van der Waals surface area contributed by atoms with E-state index < -0.39 is 24.3 Å². The lowest BCUT2D eigenvalue weighted by atomic mass is 9.87. The number of carbonyl (C=O) groups is 2. The fourth-order valence-corrected chi connectivity index (χ4v) is 3.92. The number of aliphatic carboxylic acids is 2. The molecule has 14 heteroatoms. The highest BCUT2D eigenvalue weighted by atomic mass is 32.1. The highest BCUT2D eigenvalue weighted by Crippen LogP contribution is 2.37. The third-order valence-corrected chi connectivity index (χ3v) is 5.89. The van der Waals surface area contributed by atoms with Crippen LogP contribution in [-0.2, 0) is 20.9 Å². The van der Waals surface area contributed by atoms with Gasteiger partial charge < -0.3 is 19.8 Å². The number of thiophene rings is 1. The fourth-order valence-electron chi connectivity index (χ4n) is 3.26. The van der Waals surface area contributed by atoms with E-state index in [2.05, 4.69) is 40.7 Å². The van der Waals surface area contributed by atoms with E-state index in [1.807, 2.05) is 0 Å². The first-order chi connectivity index (χ1) is 15.1. The molecule has 1 spiro atoms. The molecule has 33 heavy (non-hydrogen) atoms. The molecule has 0 radical (unpaired) electrons. The minimum Gasteiger partial charge on any atom is -0.475 e. The van der Waals surface area contributed by atoms with E-state index in [1.165, 1.54) is 37.9 Å². The van der Waals surface area contributed by atoms with Crippen LogP contribution in [0.25, 0.3) is 0 Å². The molecule has 0 bridgehead atoms. The standard InChI is InChI=1S/C15H24N2OS.2C2HF3O2/c1-16(2)14-9-15(18-11-14)4-6-17(7-5-15)10-13-3-8-19-12-13;2*3-2(4,5)1(6)7/h3,8,12,14H,4-7,9-11H2,1-2H3;2*(H,6,7). The second kappa shape index (κ2) is 12.0. The van der Waals surface area contributed by atoms with Gasteiger partial charge in [-0.3, -0.25) is 4.90 Å². The molecule has 1 aromatic rings. The van der Waals surface area contributed by atoms with Gasteiger partial charge in [0.2, 0.25) is 0 Å². The van der Waals surface area contributed by atoms with Crippen LogP contribution >= 0.6 is 11.3 Å². The minimum atomic E-state index is -5.08. The first-order valence-corrected chi connectivity index (χ1v) is 10.6. The zero-order chi connectivity index (χ0) is 25.4. The maximum Gasteiger partial charge on any atom is 0.490 e. The van der Waals surface area contributed by atoms with Crippen molar-refractivity contribution < 1.29 is 50.9 Å². The van der Waals surface area contributed by atoms with Crippen LogP contribution in [0.15, 0.2) is 16.8 Å². The predicted octanol–water partition coefficient (Wildman–Crippen LogP) is 3.70. The lowest BCUT2D eigenvalue weighted by molar-refractivity contribution is -0.193. The molecule has 190 valence electrons. The highest BCUT2D eigenvalue weighted by Gasteiger charge is 2.43. The summed E-state index contributed by atoms with van der Waals surface area (Å²) in [6, 6.07) is 2.85. The van der Waals surface area contributed by atoms with Crippen molar-refractivity contribution in [2.24, 2.45) is 0 Å². The number of halogens is 6. The number of likely N-dealkylation sites (tertiary alicyclic amines) is 1. The van der Waals surface area contributed by atoms with Gasteiger partial charge in [-0.1, -0.05) is 0 Å². The van der Waals surface area contributed by atoms with Gasteiger partial charge in [0.1, 0.15) is 0 Å². The summed E-state index contributed by atoms with van der Waals surface area (Å²) in [6.45, 7) is 4.38. The van der Waals surface area contributed by atoms with Crippen LogP contribution in [0.3, 0.4) is 0 Å². The van der Waals surface area contributed by atoms with Gasteiger partial charge in [-0.25, -0.2) is 9.59 Å². The molecule has 1 aromatic heterocycles. The van der Waals surface area contributed by atoms with E-state index in [-0.39, 0.29) is 5.60 Å². The predicted molar refractivity (Wildman–Crippen MR) is 107 cm³/mol. The Balaban J connectivity index is 0.000000324. The van der Waals surface area contributed by atoms with E-state index >= 15 is 0 Å². The number of alkyl halides is 6. The maximum atomic E-state index is 10.6.